The summed E-state index contributed by atoms with van der Waals surface area (Å²) >= 11 is 0. The van der Waals surface area contributed by atoms with Crippen LogP contribution in [0.25, 0.3) is 0 Å². The molecule has 0 atom stereocenters. The number of aryl methyl sites for hydroxylation is 2. The third-order valence-corrected chi connectivity index (χ3v) is 11.4. The summed E-state index contributed by atoms with van der Waals surface area (Å²) in [6.07, 6.45) is 2.07. The van der Waals surface area contributed by atoms with Gasteiger partial charge >= 0.3 is 73.1 Å². The molecule has 4 aromatic carbocycles. The van der Waals surface area contributed by atoms with E-state index in [-0.39, 0.29) is 122 Å². The Morgan fingerprint density at radius 3 is 1.03 bits per heavy atom. The molecule has 0 bridgehead atoms. The molecule has 73 heavy (non-hydrogen) atoms. The van der Waals surface area contributed by atoms with Crippen LogP contribution in [-0.4, -0.2) is 209 Å². The van der Waals surface area contributed by atoms with Gasteiger partial charge in [0.15, 0.2) is 0 Å². The molecule has 388 valence electrons. The molecular formula is C48H70B4N6O14Y+3. The predicted molar refractivity (Wildman–Crippen MR) is 281 cm³/mol. The van der Waals surface area contributed by atoms with Crippen LogP contribution in [0.3, 0.4) is 0 Å². The first-order chi connectivity index (χ1) is 34.5. The van der Waals surface area contributed by atoms with Crippen LogP contribution in [0.15, 0.2) is 97.1 Å². The third kappa shape index (κ3) is 25.2. The van der Waals surface area contributed by atoms with Gasteiger partial charge in [-0.2, -0.15) is 0 Å². The van der Waals surface area contributed by atoms with Crippen molar-refractivity contribution in [1.29, 1.82) is 0 Å². The van der Waals surface area contributed by atoms with Gasteiger partial charge in [-0.1, -0.05) is 86.6 Å². The van der Waals surface area contributed by atoms with E-state index in [0.717, 1.165) is 23.8 Å². The predicted octanol–water partition coefficient (Wildman–Crippen LogP) is -1.51. The number of nitrogens with zero attached hydrogens (tertiary/aromatic N) is 4. The molecule has 1 heterocycles. The zero-order valence-corrected chi connectivity index (χ0v) is 45.6. The number of carboxylic acid groups (broad SMARTS) is 2. The number of hydrogen-bond donors (Lipinski definition) is 8. The van der Waals surface area contributed by atoms with Crippen LogP contribution in [0.2, 0.25) is 0 Å². The van der Waals surface area contributed by atoms with Gasteiger partial charge in [-0.05, 0) is 70.1 Å². The van der Waals surface area contributed by atoms with Gasteiger partial charge in [0.1, 0.15) is 0 Å². The van der Waals surface area contributed by atoms with E-state index in [0.29, 0.717) is 37.6 Å². The van der Waals surface area contributed by atoms with Crippen LogP contribution in [0, 0.1) is 0 Å². The molecule has 1 aliphatic heterocycles. The number of benzene rings is 4. The van der Waals surface area contributed by atoms with Gasteiger partial charge in [-0.15, -0.1) is 0 Å². The van der Waals surface area contributed by atoms with Crippen molar-refractivity contribution in [1.82, 2.24) is 19.6 Å². The largest absolute Gasteiger partial charge is 3.00 e. The number of carbonyl (C=O) groups is 4. The molecule has 25 heteroatoms. The van der Waals surface area contributed by atoms with Crippen LogP contribution in [0.4, 0.5) is 11.4 Å². The van der Waals surface area contributed by atoms with E-state index in [1.54, 1.807) is 72.3 Å². The fraction of sp³-hybridized carbons (Fsp3) is 0.417. The van der Waals surface area contributed by atoms with Crippen molar-refractivity contribution in [3.05, 3.63) is 108 Å². The van der Waals surface area contributed by atoms with Crippen LogP contribution < -0.4 is 32.5 Å². The Bertz CT molecular complexity index is 2100. The van der Waals surface area contributed by atoms with Crippen molar-refractivity contribution in [2.75, 3.05) is 118 Å². The number of nitrogens with one attached hydrogen (secondary N) is 2. The molecule has 1 fully saturated rings. The second kappa shape index (κ2) is 35.8. The number of anilines is 2. The molecule has 1 aliphatic rings. The number of carboxylic acids is 2. The molecule has 0 spiro atoms. The first-order valence-electron chi connectivity index (χ1n) is 23.6. The van der Waals surface area contributed by atoms with E-state index < -0.39 is 26.2 Å². The minimum atomic E-state index is -1.70. The van der Waals surface area contributed by atoms with Crippen LogP contribution in [0.5, 0.6) is 0 Å². The van der Waals surface area contributed by atoms with E-state index in [1.807, 2.05) is 24.3 Å². The van der Waals surface area contributed by atoms with Crippen molar-refractivity contribution in [2.24, 2.45) is 0 Å². The Kier molecular flexibility index (Phi) is 31.7. The normalized spacial score (nSPS) is 13.7. The van der Waals surface area contributed by atoms with Crippen LogP contribution in [-0.2, 0) is 83.3 Å². The maximum Gasteiger partial charge on any atom is 3.00 e. The topological polar surface area (TPSA) is 264 Å². The summed E-state index contributed by atoms with van der Waals surface area (Å²) in [6.45, 7) is 5.88. The third-order valence-electron chi connectivity index (χ3n) is 11.4. The molecule has 0 radical (unpaired) electrons. The fourth-order valence-electron chi connectivity index (χ4n) is 7.61. The molecule has 1 saturated heterocycles. The van der Waals surface area contributed by atoms with Crippen molar-refractivity contribution >= 4 is 85.5 Å². The molecule has 4 aromatic rings. The van der Waals surface area contributed by atoms with E-state index in [9.17, 15) is 49.5 Å². The van der Waals surface area contributed by atoms with Crippen LogP contribution >= 0.6 is 0 Å². The van der Waals surface area contributed by atoms with Crippen molar-refractivity contribution in [2.45, 2.75) is 26.7 Å². The van der Waals surface area contributed by atoms with Crippen molar-refractivity contribution in [3.8, 4) is 0 Å². The molecule has 20 nitrogen and oxygen atoms in total. The number of carbonyl (C=O) groups excluding carboxylic acids is 2. The Morgan fingerprint density at radius 2 is 0.753 bits per heavy atom. The summed E-state index contributed by atoms with van der Waals surface area (Å²) in [4.78, 5) is 56.1. The molecule has 8 N–H and O–H groups in total. The summed E-state index contributed by atoms with van der Waals surface area (Å²) in [5.74, 6) is -2.85. The van der Waals surface area contributed by atoms with E-state index in [4.69, 9.17) is 18.6 Å². The first kappa shape index (κ1) is 64.8. The Morgan fingerprint density at radius 1 is 0.466 bits per heavy atom. The number of hydrogen-bond acceptors (Lipinski definition) is 16. The zero-order valence-electron chi connectivity index (χ0n) is 42.8. The Balaban J connectivity index is 0.000000545. The smallest absolute Gasteiger partial charge is 0.480 e. The Hall–Kier alpha value is -4.36. The SMILES string of the molecule is CCc1cccc(B(OC)OC)c1.CCc1cccc(B(OC)OC)c1.O=C(O)CN1CCN(CC(=O)Nc2cccc(B(O)O)c2)CCN(CC(=O)O)CCN(CC(=O)Nc2cccc(B(O)O)c2)CC1.[Y+3]. The van der Waals surface area contributed by atoms with Crippen molar-refractivity contribution in [3.63, 3.8) is 0 Å². The standard InChI is InChI=1S/C28H40B2N6O10.2C10H15BO2.Y/c37-25(31-23-5-1-3-21(15-23)29(43)44)17-33-7-11-35(19-27(39)40)13-9-34(10-14-36(12-8-33)20-28(41)42)18-26(38)32-24-6-2-4-22(16-24)30(45)46;2*1-4-9-6-5-7-10(8-9)11(12-2)13-3;/h1-6,15-16,43-46H,7-14,17-20H2,(H,31,37)(H,32,38)(H,39,40)(H,41,42);2*5-8H,4H2,1-3H3;/q;;;+3. The van der Waals surface area contributed by atoms with Gasteiger partial charge in [0.05, 0.1) is 26.2 Å². The summed E-state index contributed by atoms with van der Waals surface area (Å²) in [6, 6.07) is 28.7. The fourth-order valence-corrected chi connectivity index (χ4v) is 7.61. The number of aliphatic carboxylic acids is 2. The summed E-state index contributed by atoms with van der Waals surface area (Å²) < 4.78 is 20.7. The van der Waals surface area contributed by atoms with Gasteiger partial charge in [0.25, 0.3) is 0 Å². The summed E-state index contributed by atoms with van der Waals surface area (Å²) in [5, 5.41) is 62.1. The molecule has 0 unspecified atom stereocenters. The minimum absolute atomic E-state index is 0. The molecule has 0 saturated carbocycles. The second-order valence-corrected chi connectivity index (χ2v) is 16.8. The molecule has 5 rings (SSSR count). The van der Waals surface area contributed by atoms with Gasteiger partial charge in [-0.3, -0.25) is 38.8 Å². The van der Waals surface area contributed by atoms with E-state index >= 15 is 0 Å². The average Bonchev–Trinajstić information content (AvgIpc) is 3.35. The number of rotatable bonds is 20. The molecular weight excluding hydrogens is 1020 g/mol. The molecule has 0 aromatic heterocycles. The van der Waals surface area contributed by atoms with Crippen molar-refractivity contribution < 1.29 is 101 Å². The zero-order chi connectivity index (χ0) is 53.0. The Labute approximate surface area is 455 Å². The maximum atomic E-state index is 12.9. The van der Waals surface area contributed by atoms with E-state index in [1.165, 1.54) is 35.4 Å². The monoisotopic (exact) mass is 1090 g/mol. The quantitative estimate of drug-likeness (QED) is 0.0468. The number of amides is 2. The van der Waals surface area contributed by atoms with E-state index in [2.05, 4.69) is 48.7 Å². The first-order valence-corrected chi connectivity index (χ1v) is 23.6. The molecule has 2 amide bonds. The molecule has 0 aliphatic carbocycles. The summed E-state index contributed by atoms with van der Waals surface area (Å²) in [5.41, 5.74) is 5.91. The average molecular weight is 1090 g/mol. The summed E-state index contributed by atoms with van der Waals surface area (Å²) in [7, 11) is 2.70. The van der Waals surface area contributed by atoms with Gasteiger partial charge < -0.3 is 59.6 Å². The second-order valence-electron chi connectivity index (χ2n) is 16.8. The van der Waals surface area contributed by atoms with Gasteiger partial charge in [-0.25, -0.2) is 0 Å². The van der Waals surface area contributed by atoms with Gasteiger partial charge in [0, 0.05) is 92.2 Å². The minimum Gasteiger partial charge on any atom is -0.480 e. The van der Waals surface area contributed by atoms with Gasteiger partial charge in [0.2, 0.25) is 11.8 Å². The van der Waals surface area contributed by atoms with Crippen LogP contribution in [0.1, 0.15) is 25.0 Å². The maximum absolute atomic E-state index is 12.9.